The molecule has 1 aromatic carbocycles. The van der Waals surface area contributed by atoms with Crippen LogP contribution in [0, 0.1) is 18.7 Å². The number of benzene rings is 1. The van der Waals surface area contributed by atoms with Gasteiger partial charge in [-0.2, -0.15) is 5.10 Å². The van der Waals surface area contributed by atoms with Crippen LogP contribution < -0.4 is 0 Å². The standard InChI is InChI=1S/C19H23FN4O2/c1-13-16(10-21-24(13)18-7-5-4-6-17(18)20)19(26)22(3)11-15-8-9-23(12-15)14(2)25/h4-7,10,15H,8-9,11-12H2,1-3H3. The van der Waals surface area contributed by atoms with Crippen molar-refractivity contribution in [3.63, 3.8) is 0 Å². The lowest BCUT2D eigenvalue weighted by Gasteiger charge is -2.21. The first-order valence-corrected chi connectivity index (χ1v) is 8.69. The Hall–Kier alpha value is -2.70. The first-order valence-electron chi connectivity index (χ1n) is 8.69. The molecule has 6 nitrogen and oxygen atoms in total. The Balaban J connectivity index is 1.72. The lowest BCUT2D eigenvalue weighted by atomic mass is 10.1. The predicted octanol–water partition coefficient (Wildman–Crippen LogP) is 2.26. The molecule has 1 unspecified atom stereocenters. The average molecular weight is 358 g/mol. The van der Waals surface area contributed by atoms with Gasteiger partial charge in [-0.05, 0) is 31.4 Å². The summed E-state index contributed by atoms with van der Waals surface area (Å²) in [6.45, 7) is 5.32. The van der Waals surface area contributed by atoms with Crippen LogP contribution in [0.5, 0.6) is 0 Å². The van der Waals surface area contributed by atoms with Crippen LogP contribution in [0.1, 0.15) is 29.4 Å². The van der Waals surface area contributed by atoms with E-state index < -0.39 is 0 Å². The lowest BCUT2D eigenvalue weighted by molar-refractivity contribution is -0.127. The van der Waals surface area contributed by atoms with Gasteiger partial charge in [0.1, 0.15) is 11.5 Å². The first-order chi connectivity index (χ1) is 12.4. The third-order valence-corrected chi connectivity index (χ3v) is 4.93. The second kappa shape index (κ2) is 7.27. The number of carbonyl (C=O) groups is 2. The SMILES string of the molecule is CC(=O)N1CCC(CN(C)C(=O)c2cnn(-c3ccccc3F)c2C)C1. The minimum absolute atomic E-state index is 0.0727. The number of hydrogen-bond acceptors (Lipinski definition) is 3. The van der Waals surface area contributed by atoms with E-state index in [1.165, 1.54) is 16.9 Å². The highest BCUT2D eigenvalue weighted by atomic mass is 19.1. The van der Waals surface area contributed by atoms with Crippen molar-refractivity contribution >= 4 is 11.8 Å². The molecule has 1 aliphatic rings. The molecular weight excluding hydrogens is 335 g/mol. The summed E-state index contributed by atoms with van der Waals surface area (Å²) in [7, 11) is 1.75. The average Bonchev–Trinajstić information content (AvgIpc) is 3.22. The molecule has 26 heavy (non-hydrogen) atoms. The van der Waals surface area contributed by atoms with E-state index in [1.54, 1.807) is 44.0 Å². The highest BCUT2D eigenvalue weighted by Crippen LogP contribution is 2.20. The molecule has 0 spiro atoms. The third-order valence-electron chi connectivity index (χ3n) is 4.93. The molecule has 138 valence electrons. The number of aromatic nitrogens is 2. The Morgan fingerprint density at radius 2 is 2.08 bits per heavy atom. The number of likely N-dealkylation sites (tertiary alicyclic amines) is 1. The van der Waals surface area contributed by atoms with Gasteiger partial charge in [-0.25, -0.2) is 9.07 Å². The molecule has 1 atom stereocenters. The largest absolute Gasteiger partial charge is 0.343 e. The zero-order valence-electron chi connectivity index (χ0n) is 15.3. The van der Waals surface area contributed by atoms with Crippen LogP contribution >= 0.6 is 0 Å². The number of carbonyl (C=O) groups excluding carboxylic acids is 2. The molecule has 1 saturated heterocycles. The number of amides is 2. The Morgan fingerprint density at radius 1 is 1.35 bits per heavy atom. The molecule has 0 saturated carbocycles. The number of hydrogen-bond donors (Lipinski definition) is 0. The Bertz CT molecular complexity index is 833. The van der Waals surface area contributed by atoms with E-state index in [2.05, 4.69) is 5.10 Å². The summed E-state index contributed by atoms with van der Waals surface area (Å²) in [6, 6.07) is 6.34. The van der Waals surface area contributed by atoms with E-state index in [4.69, 9.17) is 0 Å². The van der Waals surface area contributed by atoms with Crippen molar-refractivity contribution < 1.29 is 14.0 Å². The molecule has 0 bridgehead atoms. The van der Waals surface area contributed by atoms with Crippen molar-refractivity contribution in [2.75, 3.05) is 26.7 Å². The molecule has 1 aromatic heterocycles. The van der Waals surface area contributed by atoms with Crippen LogP contribution in [0.3, 0.4) is 0 Å². The fourth-order valence-corrected chi connectivity index (χ4v) is 3.43. The second-order valence-corrected chi connectivity index (χ2v) is 6.81. The van der Waals surface area contributed by atoms with Crippen molar-refractivity contribution in [3.8, 4) is 5.69 Å². The summed E-state index contributed by atoms with van der Waals surface area (Å²) in [5, 5.41) is 4.19. The predicted molar refractivity (Wildman–Crippen MR) is 95.6 cm³/mol. The summed E-state index contributed by atoms with van der Waals surface area (Å²) < 4.78 is 15.5. The first kappa shape index (κ1) is 18.1. The van der Waals surface area contributed by atoms with E-state index in [9.17, 15) is 14.0 Å². The highest BCUT2D eigenvalue weighted by Gasteiger charge is 2.27. The van der Waals surface area contributed by atoms with Crippen molar-refractivity contribution in [3.05, 3.63) is 47.5 Å². The van der Waals surface area contributed by atoms with Gasteiger partial charge in [0.2, 0.25) is 5.91 Å². The Morgan fingerprint density at radius 3 is 2.73 bits per heavy atom. The molecular formula is C19H23FN4O2. The van der Waals surface area contributed by atoms with Gasteiger partial charge in [0.05, 0.1) is 17.5 Å². The van der Waals surface area contributed by atoms with Gasteiger partial charge in [0.25, 0.3) is 5.91 Å². The topological polar surface area (TPSA) is 58.4 Å². The van der Waals surface area contributed by atoms with Crippen LogP contribution in [0.15, 0.2) is 30.5 Å². The summed E-state index contributed by atoms with van der Waals surface area (Å²) >= 11 is 0. The van der Waals surface area contributed by atoms with Crippen molar-refractivity contribution in [1.82, 2.24) is 19.6 Å². The fraction of sp³-hybridized carbons (Fsp3) is 0.421. The van der Waals surface area contributed by atoms with E-state index in [1.807, 2.05) is 4.90 Å². The number of nitrogens with zero attached hydrogens (tertiary/aromatic N) is 4. The van der Waals surface area contributed by atoms with Crippen LogP contribution in [0.4, 0.5) is 4.39 Å². The molecule has 2 heterocycles. The molecule has 2 aromatic rings. The summed E-state index contributed by atoms with van der Waals surface area (Å²) in [5.41, 5.74) is 1.38. The Labute approximate surface area is 152 Å². The third kappa shape index (κ3) is 3.47. The van der Waals surface area contributed by atoms with E-state index in [-0.39, 0.29) is 23.5 Å². The minimum atomic E-state index is -0.388. The maximum absolute atomic E-state index is 14.0. The van der Waals surface area contributed by atoms with Gasteiger partial charge in [-0.1, -0.05) is 12.1 Å². The number of rotatable bonds is 4. The van der Waals surface area contributed by atoms with Gasteiger partial charge in [-0.3, -0.25) is 9.59 Å². The zero-order chi connectivity index (χ0) is 18.8. The van der Waals surface area contributed by atoms with Crippen molar-refractivity contribution in [1.29, 1.82) is 0 Å². The molecule has 1 aliphatic heterocycles. The smallest absolute Gasteiger partial charge is 0.257 e. The molecule has 0 N–H and O–H groups in total. The summed E-state index contributed by atoms with van der Waals surface area (Å²) in [4.78, 5) is 27.7. The van der Waals surface area contributed by atoms with Crippen molar-refractivity contribution in [2.24, 2.45) is 5.92 Å². The van der Waals surface area contributed by atoms with Crippen LogP contribution in [-0.2, 0) is 4.79 Å². The van der Waals surface area contributed by atoms with Gasteiger partial charge < -0.3 is 9.80 Å². The van der Waals surface area contributed by atoms with Crippen LogP contribution in [0.2, 0.25) is 0 Å². The molecule has 0 aliphatic carbocycles. The summed E-state index contributed by atoms with van der Waals surface area (Å²) in [6.07, 6.45) is 2.38. The normalized spacial score (nSPS) is 16.8. The van der Waals surface area contributed by atoms with Crippen molar-refractivity contribution in [2.45, 2.75) is 20.3 Å². The zero-order valence-corrected chi connectivity index (χ0v) is 15.3. The fourth-order valence-electron chi connectivity index (χ4n) is 3.43. The van der Waals surface area contributed by atoms with Gasteiger partial charge >= 0.3 is 0 Å². The highest BCUT2D eigenvalue weighted by molar-refractivity contribution is 5.95. The number of halogens is 1. The van der Waals surface area contributed by atoms with Crippen LogP contribution in [0.25, 0.3) is 5.69 Å². The van der Waals surface area contributed by atoms with Gasteiger partial charge in [0, 0.05) is 33.6 Å². The molecule has 3 rings (SSSR count). The monoisotopic (exact) mass is 358 g/mol. The Kier molecular flexibility index (Phi) is 5.06. The number of para-hydroxylation sites is 1. The second-order valence-electron chi connectivity index (χ2n) is 6.81. The summed E-state index contributed by atoms with van der Waals surface area (Å²) in [5.74, 6) is -0.189. The molecule has 0 radical (unpaired) electrons. The van der Waals surface area contributed by atoms with E-state index in [0.717, 1.165) is 13.0 Å². The van der Waals surface area contributed by atoms with E-state index in [0.29, 0.717) is 30.0 Å². The maximum atomic E-state index is 14.0. The molecule has 2 amide bonds. The van der Waals surface area contributed by atoms with Gasteiger partial charge in [-0.15, -0.1) is 0 Å². The van der Waals surface area contributed by atoms with Crippen LogP contribution in [-0.4, -0.2) is 58.1 Å². The quantitative estimate of drug-likeness (QED) is 0.842. The minimum Gasteiger partial charge on any atom is -0.343 e. The lowest BCUT2D eigenvalue weighted by Crippen LogP contribution is -2.34. The van der Waals surface area contributed by atoms with Gasteiger partial charge in [0.15, 0.2) is 0 Å². The molecule has 7 heteroatoms. The van der Waals surface area contributed by atoms with E-state index >= 15 is 0 Å². The maximum Gasteiger partial charge on any atom is 0.257 e. The molecule has 1 fully saturated rings.